The zero-order valence-corrected chi connectivity index (χ0v) is 11.3. The minimum absolute atomic E-state index is 0.213. The van der Waals surface area contributed by atoms with Gasteiger partial charge in [0.2, 0.25) is 0 Å². The number of carbonyl (C=O) groups excluding carboxylic acids is 1. The van der Waals surface area contributed by atoms with Crippen molar-refractivity contribution >= 4 is 12.1 Å². The Bertz CT molecular complexity index is 301. The van der Waals surface area contributed by atoms with Gasteiger partial charge in [0.25, 0.3) is 0 Å². The molecule has 0 heterocycles. The van der Waals surface area contributed by atoms with Crippen LogP contribution in [0.15, 0.2) is 0 Å². The van der Waals surface area contributed by atoms with Gasteiger partial charge in [0.1, 0.15) is 0 Å². The van der Waals surface area contributed by atoms with E-state index in [-0.39, 0.29) is 6.61 Å². The van der Waals surface area contributed by atoms with Crippen LogP contribution in [-0.2, 0) is 9.53 Å². The summed E-state index contributed by atoms with van der Waals surface area (Å²) in [5.41, 5.74) is 0. The van der Waals surface area contributed by atoms with Crippen LogP contribution in [0.2, 0.25) is 0 Å². The first-order chi connectivity index (χ1) is 9.04. The van der Waals surface area contributed by atoms with E-state index in [9.17, 15) is 14.7 Å². The average molecular weight is 273 g/mol. The fraction of sp³-hybridized carbons (Fsp3) is 0.846. The molecule has 1 rings (SSSR count). The van der Waals surface area contributed by atoms with E-state index in [0.717, 1.165) is 25.7 Å². The monoisotopic (exact) mass is 273 g/mol. The van der Waals surface area contributed by atoms with Crippen LogP contribution < -0.4 is 5.32 Å². The van der Waals surface area contributed by atoms with Crippen LogP contribution in [0.5, 0.6) is 0 Å². The van der Waals surface area contributed by atoms with Crippen LogP contribution in [0.4, 0.5) is 4.79 Å². The molecule has 6 heteroatoms. The third kappa shape index (κ3) is 5.46. The molecule has 1 aliphatic carbocycles. The number of aliphatic carboxylic acids is 1. The summed E-state index contributed by atoms with van der Waals surface area (Å²) in [6, 6.07) is -0.792. The van der Waals surface area contributed by atoms with E-state index in [1.54, 1.807) is 6.92 Å². The van der Waals surface area contributed by atoms with Crippen molar-refractivity contribution in [3.63, 3.8) is 0 Å². The van der Waals surface area contributed by atoms with Crippen LogP contribution in [0.25, 0.3) is 0 Å². The molecule has 1 fully saturated rings. The van der Waals surface area contributed by atoms with Gasteiger partial charge in [-0.3, -0.25) is 0 Å². The van der Waals surface area contributed by atoms with Gasteiger partial charge < -0.3 is 20.3 Å². The Morgan fingerprint density at radius 2 is 1.95 bits per heavy atom. The minimum Gasteiger partial charge on any atom is -0.479 e. The van der Waals surface area contributed by atoms with Gasteiger partial charge in [-0.2, -0.15) is 0 Å². The molecule has 1 saturated carbocycles. The highest BCUT2D eigenvalue weighted by Crippen LogP contribution is 2.28. The highest BCUT2D eigenvalue weighted by Gasteiger charge is 2.30. The average Bonchev–Trinajstić information content (AvgIpc) is 2.38. The number of aliphatic hydroxyl groups excluding tert-OH is 1. The Kier molecular flexibility index (Phi) is 6.62. The molecule has 2 unspecified atom stereocenters. The summed E-state index contributed by atoms with van der Waals surface area (Å²) in [7, 11) is 0. The first kappa shape index (κ1) is 15.8. The van der Waals surface area contributed by atoms with Crippen molar-refractivity contribution in [2.75, 3.05) is 6.61 Å². The van der Waals surface area contributed by atoms with Crippen LogP contribution in [0.3, 0.4) is 0 Å². The van der Waals surface area contributed by atoms with E-state index in [1.165, 1.54) is 6.42 Å². The lowest BCUT2D eigenvalue weighted by atomic mass is 9.83. The van der Waals surface area contributed by atoms with Gasteiger partial charge in [-0.1, -0.05) is 32.1 Å². The molecular weight excluding hydrogens is 250 g/mol. The molecular formula is C13H23NO5. The smallest absolute Gasteiger partial charge is 0.407 e. The minimum atomic E-state index is -1.59. The van der Waals surface area contributed by atoms with E-state index in [0.29, 0.717) is 12.3 Å². The van der Waals surface area contributed by atoms with Gasteiger partial charge in [0, 0.05) is 0 Å². The second kappa shape index (κ2) is 7.99. The molecule has 1 amide bonds. The third-order valence-electron chi connectivity index (χ3n) is 3.52. The predicted octanol–water partition coefficient (Wildman–Crippen LogP) is 1.52. The molecule has 0 aromatic carbocycles. The van der Waals surface area contributed by atoms with Crippen molar-refractivity contribution in [2.45, 2.75) is 57.6 Å². The van der Waals surface area contributed by atoms with Gasteiger partial charge in [-0.05, 0) is 19.3 Å². The molecule has 3 N–H and O–H groups in total. The molecule has 0 spiro atoms. The van der Waals surface area contributed by atoms with Gasteiger partial charge in [0.05, 0.1) is 12.6 Å². The Labute approximate surface area is 113 Å². The number of amides is 1. The number of carbonyl (C=O) groups is 2. The van der Waals surface area contributed by atoms with Crippen molar-refractivity contribution in [1.29, 1.82) is 0 Å². The molecule has 0 aromatic heterocycles. The fourth-order valence-corrected chi connectivity index (χ4v) is 2.54. The molecule has 0 aromatic rings. The Hall–Kier alpha value is -1.30. The van der Waals surface area contributed by atoms with Crippen LogP contribution in [0, 0.1) is 5.92 Å². The Morgan fingerprint density at radius 1 is 1.32 bits per heavy atom. The zero-order chi connectivity index (χ0) is 14.3. The van der Waals surface area contributed by atoms with Crippen molar-refractivity contribution in [1.82, 2.24) is 5.32 Å². The summed E-state index contributed by atoms with van der Waals surface area (Å²) >= 11 is 0. The lowest BCUT2D eigenvalue weighted by molar-refractivity contribution is -0.148. The highest BCUT2D eigenvalue weighted by atomic mass is 16.5. The molecule has 0 radical (unpaired) electrons. The lowest BCUT2D eigenvalue weighted by Crippen LogP contribution is -2.48. The van der Waals surface area contributed by atoms with E-state index in [4.69, 9.17) is 9.84 Å². The van der Waals surface area contributed by atoms with Gasteiger partial charge in [0.15, 0.2) is 6.10 Å². The van der Waals surface area contributed by atoms with Crippen LogP contribution in [-0.4, -0.2) is 41.0 Å². The van der Waals surface area contributed by atoms with E-state index < -0.39 is 24.2 Å². The van der Waals surface area contributed by atoms with Crippen LogP contribution in [0.1, 0.15) is 45.4 Å². The predicted molar refractivity (Wildman–Crippen MR) is 68.8 cm³/mol. The molecule has 6 nitrogen and oxygen atoms in total. The second-order valence-electron chi connectivity index (χ2n) is 4.99. The number of hydrogen-bond donors (Lipinski definition) is 3. The van der Waals surface area contributed by atoms with E-state index >= 15 is 0 Å². The molecule has 0 saturated heterocycles. The number of carboxylic acid groups (broad SMARTS) is 1. The van der Waals surface area contributed by atoms with Gasteiger partial charge in [-0.15, -0.1) is 0 Å². The normalized spacial score (nSPS) is 19.5. The maximum atomic E-state index is 11.4. The quantitative estimate of drug-likeness (QED) is 0.682. The number of hydrogen-bond acceptors (Lipinski definition) is 4. The molecule has 110 valence electrons. The van der Waals surface area contributed by atoms with Crippen LogP contribution >= 0.6 is 0 Å². The summed E-state index contributed by atoms with van der Waals surface area (Å²) in [5.74, 6) is -0.965. The molecule has 1 aliphatic rings. The first-order valence-electron chi connectivity index (χ1n) is 6.88. The fourth-order valence-electron chi connectivity index (χ4n) is 2.54. The summed E-state index contributed by atoms with van der Waals surface area (Å²) in [6.45, 7) is 1.88. The molecule has 2 atom stereocenters. The SMILES string of the molecule is CCOC(=O)NC(CC1CCCCC1)C(O)C(=O)O. The number of aliphatic hydroxyl groups is 1. The van der Waals surface area contributed by atoms with Crippen molar-refractivity contribution in [3.8, 4) is 0 Å². The lowest BCUT2D eigenvalue weighted by Gasteiger charge is -2.28. The number of ether oxygens (including phenoxy) is 1. The summed E-state index contributed by atoms with van der Waals surface area (Å²) in [5, 5.41) is 21.0. The first-order valence-corrected chi connectivity index (χ1v) is 6.88. The Morgan fingerprint density at radius 3 is 2.47 bits per heavy atom. The highest BCUT2D eigenvalue weighted by molar-refractivity contribution is 5.75. The number of nitrogens with one attached hydrogen (secondary N) is 1. The summed E-state index contributed by atoms with van der Waals surface area (Å²) < 4.78 is 4.74. The standard InChI is InChI=1S/C13H23NO5/c1-2-19-13(18)14-10(11(15)12(16)17)8-9-6-4-3-5-7-9/h9-11,15H,2-8H2,1H3,(H,14,18)(H,16,17). The molecule has 0 bridgehead atoms. The maximum absolute atomic E-state index is 11.4. The number of carboxylic acids is 1. The topological polar surface area (TPSA) is 95.9 Å². The van der Waals surface area contributed by atoms with Crippen molar-refractivity contribution in [3.05, 3.63) is 0 Å². The summed E-state index contributed by atoms with van der Waals surface area (Å²) in [6.07, 6.45) is 3.70. The second-order valence-corrected chi connectivity index (χ2v) is 4.99. The van der Waals surface area contributed by atoms with E-state index in [1.807, 2.05) is 0 Å². The van der Waals surface area contributed by atoms with Crippen molar-refractivity contribution in [2.24, 2.45) is 5.92 Å². The maximum Gasteiger partial charge on any atom is 0.407 e. The molecule has 19 heavy (non-hydrogen) atoms. The third-order valence-corrected chi connectivity index (χ3v) is 3.52. The van der Waals surface area contributed by atoms with Gasteiger partial charge >= 0.3 is 12.1 Å². The van der Waals surface area contributed by atoms with E-state index in [2.05, 4.69) is 5.32 Å². The number of alkyl carbamates (subject to hydrolysis) is 1. The van der Waals surface area contributed by atoms with Crippen molar-refractivity contribution < 1.29 is 24.5 Å². The largest absolute Gasteiger partial charge is 0.479 e. The van der Waals surface area contributed by atoms with Gasteiger partial charge in [-0.25, -0.2) is 9.59 Å². The Balaban J connectivity index is 2.57. The number of rotatable bonds is 6. The molecule has 0 aliphatic heterocycles. The zero-order valence-electron chi connectivity index (χ0n) is 11.3. The summed E-state index contributed by atoms with van der Waals surface area (Å²) in [4.78, 5) is 22.3.